The molecule has 3 rings (SSSR count). The average molecular weight is 460 g/mol. The lowest BCUT2D eigenvalue weighted by Gasteiger charge is -2.37. The second kappa shape index (κ2) is 9.73. The Morgan fingerprint density at radius 2 is 1.72 bits per heavy atom. The van der Waals surface area contributed by atoms with Crippen molar-refractivity contribution < 1.29 is 9.59 Å². The van der Waals surface area contributed by atoms with Crippen LogP contribution in [0.15, 0.2) is 53.1 Å². The number of hydrogen-bond donors (Lipinski definition) is 2. The molecule has 1 aromatic heterocycles. The van der Waals surface area contributed by atoms with E-state index in [1.807, 2.05) is 49.1 Å². The molecule has 3 amide bonds. The summed E-state index contributed by atoms with van der Waals surface area (Å²) in [5.41, 5.74) is 0.690. The van der Waals surface area contributed by atoms with Crippen LogP contribution < -0.4 is 15.5 Å². The highest BCUT2D eigenvalue weighted by molar-refractivity contribution is 9.10. The van der Waals surface area contributed by atoms with Gasteiger partial charge in [-0.05, 0) is 46.1 Å². The molecule has 0 saturated carbocycles. The fourth-order valence-electron chi connectivity index (χ4n) is 3.25. The number of benzene rings is 1. The molecule has 154 valence electrons. The lowest BCUT2D eigenvalue weighted by molar-refractivity contribution is -0.134. The second-order valence-electron chi connectivity index (χ2n) is 7.33. The van der Waals surface area contributed by atoms with E-state index in [4.69, 9.17) is 0 Å². The molecule has 29 heavy (non-hydrogen) atoms. The summed E-state index contributed by atoms with van der Waals surface area (Å²) in [5, 5.41) is 5.62. The number of halogens is 1. The molecule has 8 heteroatoms. The number of nitrogens with zero attached hydrogens (tertiary/aromatic N) is 3. The molecule has 2 aromatic rings. The van der Waals surface area contributed by atoms with Gasteiger partial charge in [0.2, 0.25) is 5.91 Å². The van der Waals surface area contributed by atoms with E-state index in [1.165, 1.54) is 0 Å². The molecular formula is C21H26BrN5O2. The Kier molecular flexibility index (Phi) is 7.09. The number of carbonyl (C=O) groups excluding carboxylic acids is 2. The van der Waals surface area contributed by atoms with Gasteiger partial charge in [-0.25, -0.2) is 9.78 Å². The number of piperazine rings is 1. The van der Waals surface area contributed by atoms with Gasteiger partial charge in [0.25, 0.3) is 0 Å². The Balaban J connectivity index is 1.56. The van der Waals surface area contributed by atoms with Crippen LogP contribution in [0.2, 0.25) is 0 Å². The summed E-state index contributed by atoms with van der Waals surface area (Å²) in [7, 11) is 0. The molecule has 1 fully saturated rings. The molecule has 0 aliphatic carbocycles. The summed E-state index contributed by atoms with van der Waals surface area (Å²) in [5.74, 6) is 0.836. The molecule has 0 spiro atoms. The topological polar surface area (TPSA) is 77.6 Å². The van der Waals surface area contributed by atoms with Gasteiger partial charge in [-0.1, -0.05) is 32.0 Å². The highest BCUT2D eigenvalue weighted by atomic mass is 79.9. The molecular weight excluding hydrogens is 434 g/mol. The number of hydrogen-bond acceptors (Lipinski definition) is 4. The summed E-state index contributed by atoms with van der Waals surface area (Å²) in [6.45, 7) is 6.49. The number of amides is 3. The predicted octanol–water partition coefficient (Wildman–Crippen LogP) is 3.34. The largest absolute Gasteiger partial charge is 0.353 e. The summed E-state index contributed by atoms with van der Waals surface area (Å²) >= 11 is 3.39. The van der Waals surface area contributed by atoms with Crippen molar-refractivity contribution in [2.45, 2.75) is 19.9 Å². The SMILES string of the molecule is CC(C)C(NC(=O)Nc1ccccc1)C(=O)N1CCN(c2ccc(Br)cn2)CC1. The Hall–Kier alpha value is -2.61. The molecule has 7 nitrogen and oxygen atoms in total. The van der Waals surface area contributed by atoms with E-state index >= 15 is 0 Å². The Labute approximate surface area is 179 Å². The van der Waals surface area contributed by atoms with Crippen LogP contribution in [0, 0.1) is 5.92 Å². The van der Waals surface area contributed by atoms with Crippen LogP contribution in [-0.4, -0.2) is 54.0 Å². The highest BCUT2D eigenvalue weighted by Gasteiger charge is 2.31. The number of pyridine rings is 1. The molecule has 0 bridgehead atoms. The van der Waals surface area contributed by atoms with E-state index in [0.29, 0.717) is 31.9 Å². The van der Waals surface area contributed by atoms with Gasteiger partial charge in [-0.3, -0.25) is 4.79 Å². The van der Waals surface area contributed by atoms with Crippen LogP contribution in [0.5, 0.6) is 0 Å². The first-order valence-electron chi connectivity index (χ1n) is 9.72. The van der Waals surface area contributed by atoms with E-state index in [0.717, 1.165) is 10.3 Å². The minimum atomic E-state index is -0.573. The van der Waals surface area contributed by atoms with E-state index in [9.17, 15) is 9.59 Å². The molecule has 1 aliphatic heterocycles. The molecule has 2 N–H and O–H groups in total. The maximum Gasteiger partial charge on any atom is 0.319 e. The predicted molar refractivity (Wildman–Crippen MR) is 118 cm³/mol. The lowest BCUT2D eigenvalue weighted by Crippen LogP contribution is -2.57. The van der Waals surface area contributed by atoms with Crippen LogP contribution in [0.4, 0.5) is 16.3 Å². The molecule has 0 radical (unpaired) electrons. The van der Waals surface area contributed by atoms with Crippen molar-refractivity contribution in [2.24, 2.45) is 5.92 Å². The number of para-hydroxylation sites is 1. The van der Waals surface area contributed by atoms with Gasteiger partial charge in [0.05, 0.1) is 0 Å². The molecule has 2 heterocycles. The van der Waals surface area contributed by atoms with Crippen molar-refractivity contribution in [3.63, 3.8) is 0 Å². The van der Waals surface area contributed by atoms with Crippen molar-refractivity contribution in [2.75, 3.05) is 36.4 Å². The van der Waals surface area contributed by atoms with Crippen molar-refractivity contribution in [1.29, 1.82) is 0 Å². The number of urea groups is 1. The minimum Gasteiger partial charge on any atom is -0.353 e. The number of anilines is 2. The Morgan fingerprint density at radius 1 is 1.03 bits per heavy atom. The first-order valence-corrected chi connectivity index (χ1v) is 10.5. The van der Waals surface area contributed by atoms with Crippen LogP contribution in [-0.2, 0) is 4.79 Å². The second-order valence-corrected chi connectivity index (χ2v) is 8.25. The van der Waals surface area contributed by atoms with E-state index in [2.05, 4.69) is 36.4 Å². The van der Waals surface area contributed by atoms with Gasteiger partial charge < -0.3 is 20.4 Å². The van der Waals surface area contributed by atoms with Gasteiger partial charge in [0, 0.05) is 42.5 Å². The number of aromatic nitrogens is 1. The first kappa shape index (κ1) is 21.1. The van der Waals surface area contributed by atoms with Crippen molar-refractivity contribution in [3.8, 4) is 0 Å². The fraction of sp³-hybridized carbons (Fsp3) is 0.381. The smallest absolute Gasteiger partial charge is 0.319 e. The van der Waals surface area contributed by atoms with Crippen molar-refractivity contribution >= 4 is 39.4 Å². The fourth-order valence-corrected chi connectivity index (χ4v) is 3.49. The third-order valence-corrected chi connectivity index (χ3v) is 5.35. The van der Waals surface area contributed by atoms with Crippen LogP contribution in [0.25, 0.3) is 0 Å². The molecule has 1 aliphatic rings. The van der Waals surface area contributed by atoms with Crippen molar-refractivity contribution in [1.82, 2.24) is 15.2 Å². The highest BCUT2D eigenvalue weighted by Crippen LogP contribution is 2.17. The number of nitrogens with one attached hydrogen (secondary N) is 2. The third kappa shape index (κ3) is 5.69. The molecule has 1 atom stereocenters. The van der Waals surface area contributed by atoms with Gasteiger partial charge in [0.15, 0.2) is 0 Å². The van der Waals surface area contributed by atoms with Crippen molar-refractivity contribution in [3.05, 3.63) is 53.1 Å². The summed E-state index contributed by atoms with van der Waals surface area (Å²) < 4.78 is 0.940. The first-order chi connectivity index (χ1) is 13.9. The maximum absolute atomic E-state index is 13.1. The average Bonchev–Trinajstić information content (AvgIpc) is 2.73. The summed E-state index contributed by atoms with van der Waals surface area (Å²) in [4.78, 5) is 33.8. The number of carbonyl (C=O) groups is 2. The summed E-state index contributed by atoms with van der Waals surface area (Å²) in [6, 6.07) is 12.2. The van der Waals surface area contributed by atoms with E-state index in [-0.39, 0.29) is 17.9 Å². The van der Waals surface area contributed by atoms with Gasteiger partial charge in [-0.2, -0.15) is 0 Å². The zero-order chi connectivity index (χ0) is 20.8. The normalized spacial score (nSPS) is 15.2. The third-order valence-electron chi connectivity index (χ3n) is 4.88. The molecule has 1 aromatic carbocycles. The van der Waals surface area contributed by atoms with Crippen LogP contribution in [0.3, 0.4) is 0 Å². The quantitative estimate of drug-likeness (QED) is 0.718. The van der Waals surface area contributed by atoms with Crippen LogP contribution in [0.1, 0.15) is 13.8 Å². The molecule has 1 unspecified atom stereocenters. The minimum absolute atomic E-state index is 0.0183. The Bertz CT molecular complexity index is 821. The molecule has 1 saturated heterocycles. The lowest BCUT2D eigenvalue weighted by atomic mass is 10.0. The monoisotopic (exact) mass is 459 g/mol. The van der Waals surface area contributed by atoms with Gasteiger partial charge in [0.1, 0.15) is 11.9 Å². The zero-order valence-electron chi connectivity index (χ0n) is 16.6. The van der Waals surface area contributed by atoms with E-state index in [1.54, 1.807) is 18.3 Å². The Morgan fingerprint density at radius 3 is 2.31 bits per heavy atom. The van der Waals surface area contributed by atoms with E-state index < -0.39 is 6.04 Å². The van der Waals surface area contributed by atoms with Crippen LogP contribution >= 0.6 is 15.9 Å². The summed E-state index contributed by atoms with van der Waals surface area (Å²) in [6.07, 6.45) is 1.77. The van der Waals surface area contributed by atoms with Gasteiger partial charge >= 0.3 is 6.03 Å². The number of rotatable bonds is 5. The standard InChI is InChI=1S/C21H26BrN5O2/c1-15(2)19(25-21(29)24-17-6-4-3-5-7-17)20(28)27-12-10-26(11-13-27)18-9-8-16(22)14-23-18/h3-9,14-15,19H,10-13H2,1-2H3,(H2,24,25,29). The van der Waals surface area contributed by atoms with Gasteiger partial charge in [-0.15, -0.1) is 0 Å². The maximum atomic E-state index is 13.1. The zero-order valence-corrected chi connectivity index (χ0v) is 18.2.